The second-order valence-electron chi connectivity index (χ2n) is 13.4. The number of benzene rings is 3. The summed E-state index contributed by atoms with van der Waals surface area (Å²) in [6.45, 7) is 22.6. The number of aliphatic hydroxyl groups excluding tert-OH is 1. The number of fused-ring (bicyclic) bond motifs is 2. The summed E-state index contributed by atoms with van der Waals surface area (Å²) < 4.78 is 9.42. The number of aliphatic hydroxyl groups is 1. The first-order valence-electron chi connectivity index (χ1n) is 15.8. The Balaban J connectivity index is 0.000000414. The van der Waals surface area contributed by atoms with Crippen molar-refractivity contribution in [2.45, 2.75) is 81.6 Å². The number of carbonyl (C=O) groups excluding carboxylic acids is 1. The SMILES string of the molecule is CC(C)C(=O)/C=C(\O)C(C)C.[2H]c1nc(-c2[c-]c3ccccc3c(C(C)(C)C)c2)c2sc(-c3c(C)cc(C)cc3C)c(C)c2n1.[Ir]. The standard InChI is InChI=1S/C30H29N2S.C9H16O2.Ir/c1-17-12-18(2)25(19(3)13-17)28-20(4)26-29(33-28)27(32-16-31-26)22-14-21-10-8-9-11-23(21)24(15-22)30(5,6)7;1-6(2)8(10)5-9(11)7(3)4;/h8-13,15-16H,1-7H3;5-7,10H,1-4H3;/q-1;;/b;8-5-;/i16D;;. The molecule has 1 radical (unpaired) electrons. The Morgan fingerprint density at radius 1 is 0.978 bits per heavy atom. The van der Waals surface area contributed by atoms with Crippen molar-refractivity contribution in [1.82, 2.24) is 9.97 Å². The number of rotatable bonds is 5. The molecule has 0 saturated carbocycles. The van der Waals surface area contributed by atoms with E-state index in [1.165, 1.54) is 44.2 Å². The van der Waals surface area contributed by atoms with Crippen molar-refractivity contribution in [3.05, 3.63) is 94.5 Å². The maximum atomic E-state index is 11.0. The van der Waals surface area contributed by atoms with Gasteiger partial charge < -0.3 is 5.11 Å². The van der Waals surface area contributed by atoms with Crippen molar-refractivity contribution in [3.63, 3.8) is 0 Å². The van der Waals surface area contributed by atoms with Gasteiger partial charge in [-0.3, -0.25) is 9.78 Å². The third kappa shape index (κ3) is 7.98. The fraction of sp³-hybridized carbons (Fsp3) is 0.359. The molecule has 0 aliphatic rings. The third-order valence-electron chi connectivity index (χ3n) is 7.85. The zero-order valence-electron chi connectivity index (χ0n) is 29.3. The van der Waals surface area contributed by atoms with Gasteiger partial charge in [-0.05, 0) is 55.4 Å². The van der Waals surface area contributed by atoms with Crippen LogP contribution in [0.2, 0.25) is 0 Å². The number of hydrogen-bond donors (Lipinski definition) is 1. The van der Waals surface area contributed by atoms with E-state index in [1.807, 2.05) is 27.7 Å². The molecule has 2 aromatic heterocycles. The van der Waals surface area contributed by atoms with Gasteiger partial charge in [-0.1, -0.05) is 95.3 Å². The molecule has 4 nitrogen and oxygen atoms in total. The molecule has 0 aliphatic carbocycles. The summed E-state index contributed by atoms with van der Waals surface area (Å²) in [4.78, 5) is 21.4. The van der Waals surface area contributed by atoms with Crippen LogP contribution in [0.5, 0.6) is 0 Å². The number of hydrogen-bond acceptors (Lipinski definition) is 5. The van der Waals surface area contributed by atoms with Crippen LogP contribution in [-0.2, 0) is 30.3 Å². The van der Waals surface area contributed by atoms with E-state index in [1.54, 1.807) is 11.3 Å². The number of carbonyl (C=O) groups is 1. The number of ketones is 1. The van der Waals surface area contributed by atoms with Gasteiger partial charge in [-0.2, -0.15) is 0 Å². The monoisotopic (exact) mass is 799 g/mol. The predicted octanol–water partition coefficient (Wildman–Crippen LogP) is 10.8. The van der Waals surface area contributed by atoms with Crippen LogP contribution in [0.3, 0.4) is 0 Å². The van der Waals surface area contributed by atoms with Gasteiger partial charge in [0.1, 0.15) is 7.67 Å². The molecule has 5 rings (SSSR count). The molecule has 0 bridgehead atoms. The molecule has 45 heavy (non-hydrogen) atoms. The Kier molecular flexibility index (Phi) is 11.2. The average Bonchev–Trinajstić information content (AvgIpc) is 3.26. The summed E-state index contributed by atoms with van der Waals surface area (Å²) in [5.74, 6) is 0.161. The fourth-order valence-electron chi connectivity index (χ4n) is 5.39. The zero-order valence-corrected chi connectivity index (χ0v) is 31.5. The van der Waals surface area contributed by atoms with E-state index in [9.17, 15) is 9.90 Å². The molecule has 0 aliphatic heterocycles. The van der Waals surface area contributed by atoms with Crippen LogP contribution in [0, 0.1) is 45.6 Å². The second kappa shape index (κ2) is 14.5. The van der Waals surface area contributed by atoms with Crippen LogP contribution < -0.4 is 0 Å². The summed E-state index contributed by atoms with van der Waals surface area (Å²) in [5.41, 5.74) is 9.99. The second-order valence-corrected chi connectivity index (χ2v) is 14.4. The van der Waals surface area contributed by atoms with Crippen LogP contribution in [0.25, 0.3) is 42.7 Å². The number of allylic oxidation sites excluding steroid dienone is 2. The van der Waals surface area contributed by atoms with Gasteiger partial charge in [0.15, 0.2) is 5.78 Å². The van der Waals surface area contributed by atoms with E-state index >= 15 is 0 Å². The van der Waals surface area contributed by atoms with Crippen molar-refractivity contribution < 1.29 is 31.4 Å². The van der Waals surface area contributed by atoms with Gasteiger partial charge in [-0.15, -0.1) is 40.5 Å². The summed E-state index contributed by atoms with van der Waals surface area (Å²) in [5, 5.41) is 11.5. The van der Waals surface area contributed by atoms with Crippen LogP contribution in [-0.4, -0.2) is 20.9 Å². The molecule has 0 atom stereocenters. The summed E-state index contributed by atoms with van der Waals surface area (Å²) in [6.07, 6.45) is 1.36. The molecule has 6 heteroatoms. The first kappa shape index (κ1) is 34.7. The van der Waals surface area contributed by atoms with Crippen molar-refractivity contribution >= 4 is 38.1 Å². The van der Waals surface area contributed by atoms with Crippen molar-refractivity contribution in [2.24, 2.45) is 11.8 Å². The average molecular weight is 799 g/mol. The quantitative estimate of drug-likeness (QED) is 0.109. The van der Waals surface area contributed by atoms with Gasteiger partial charge in [0.05, 0.1) is 11.3 Å². The Hall–Kier alpha value is -3.18. The van der Waals surface area contributed by atoms with Gasteiger partial charge >= 0.3 is 0 Å². The first-order valence-corrected chi connectivity index (χ1v) is 16.1. The van der Waals surface area contributed by atoms with E-state index < -0.39 is 0 Å². The molecule has 0 spiro atoms. The number of thiophene rings is 1. The maximum absolute atomic E-state index is 11.0. The Morgan fingerprint density at radius 3 is 2.18 bits per heavy atom. The normalized spacial score (nSPS) is 12.3. The minimum Gasteiger partial charge on any atom is -0.512 e. The van der Waals surface area contributed by atoms with Crippen LogP contribution in [0.1, 0.15) is 77.7 Å². The molecule has 0 saturated heterocycles. The predicted molar refractivity (Wildman–Crippen MR) is 188 cm³/mol. The van der Waals surface area contributed by atoms with E-state index in [4.69, 9.17) is 1.37 Å². The largest absolute Gasteiger partial charge is 0.512 e. The molecule has 2 heterocycles. The Morgan fingerprint density at radius 2 is 1.60 bits per heavy atom. The molecule has 3 aromatic carbocycles. The zero-order chi connectivity index (χ0) is 33.4. The van der Waals surface area contributed by atoms with Crippen LogP contribution >= 0.6 is 11.3 Å². The molecular weight excluding hydrogens is 753 g/mol. The van der Waals surface area contributed by atoms with Crippen molar-refractivity contribution in [1.29, 1.82) is 0 Å². The van der Waals surface area contributed by atoms with E-state index in [-0.39, 0.29) is 55.2 Å². The number of aromatic nitrogens is 2. The van der Waals surface area contributed by atoms with Gasteiger partial charge in [-0.25, -0.2) is 4.98 Å². The summed E-state index contributed by atoms with van der Waals surface area (Å²) in [7, 11) is 0. The molecule has 0 amide bonds. The van der Waals surface area contributed by atoms with Crippen LogP contribution in [0.4, 0.5) is 0 Å². The summed E-state index contributed by atoms with van der Waals surface area (Å²) in [6, 6.07) is 18.7. The molecule has 0 fully saturated rings. The minimum absolute atomic E-state index is 0. The van der Waals surface area contributed by atoms with E-state index in [2.05, 4.69) is 107 Å². The van der Waals surface area contributed by atoms with Crippen LogP contribution in [0.15, 0.2) is 60.6 Å². The molecule has 0 unspecified atom stereocenters. The minimum atomic E-state index is -0.0357. The molecular formula is C39H45IrN2O2S-. The molecule has 1 N–H and O–H groups in total. The Labute approximate surface area is 287 Å². The Bertz CT molecular complexity index is 1910. The third-order valence-corrected chi connectivity index (χ3v) is 9.15. The van der Waals surface area contributed by atoms with E-state index in [0.717, 1.165) is 32.4 Å². The van der Waals surface area contributed by atoms with Crippen molar-refractivity contribution in [3.8, 4) is 21.7 Å². The van der Waals surface area contributed by atoms with Crippen molar-refractivity contribution in [2.75, 3.05) is 0 Å². The first-order chi connectivity index (χ1) is 21.0. The topological polar surface area (TPSA) is 63.1 Å². The smallest absolute Gasteiger partial charge is 0.161 e. The molecule has 239 valence electrons. The van der Waals surface area contributed by atoms with Gasteiger partial charge in [0.2, 0.25) is 0 Å². The fourth-order valence-corrected chi connectivity index (χ4v) is 6.82. The summed E-state index contributed by atoms with van der Waals surface area (Å²) >= 11 is 1.73. The maximum Gasteiger partial charge on any atom is 0.161 e. The molecule has 5 aromatic rings. The van der Waals surface area contributed by atoms with Gasteiger partial charge in [0, 0.05) is 53.3 Å². The van der Waals surface area contributed by atoms with Gasteiger partial charge in [0.25, 0.3) is 0 Å². The van der Waals surface area contributed by atoms with E-state index in [0.29, 0.717) is 0 Å². The number of aryl methyl sites for hydroxylation is 4. The number of nitrogens with zero attached hydrogens (tertiary/aromatic N) is 2.